The molecule has 3 N–H and O–H groups in total. The van der Waals surface area contributed by atoms with E-state index in [1.54, 1.807) is 12.1 Å². The molecule has 0 spiro atoms. The van der Waals surface area contributed by atoms with Crippen molar-refractivity contribution >= 4 is 17.6 Å². The summed E-state index contributed by atoms with van der Waals surface area (Å²) in [5.74, 6) is -0.353. The van der Waals surface area contributed by atoms with Gasteiger partial charge in [0.15, 0.2) is 35.2 Å². The molecule has 4 aromatic rings. The summed E-state index contributed by atoms with van der Waals surface area (Å²) in [6, 6.07) is 7.54. The van der Waals surface area contributed by atoms with Gasteiger partial charge in [0.25, 0.3) is 0 Å². The third-order valence-electron chi connectivity index (χ3n) is 4.08. The van der Waals surface area contributed by atoms with Crippen LogP contribution in [-0.2, 0) is 12.7 Å². The number of carbonyl (C=O) groups excluding carboxylic acids is 1. The van der Waals surface area contributed by atoms with Gasteiger partial charge in [-0.25, -0.2) is 9.78 Å². The highest BCUT2D eigenvalue weighted by Crippen LogP contribution is 2.32. The number of furan rings is 1. The second kappa shape index (κ2) is 9.38. The molecule has 0 saturated carbocycles. The van der Waals surface area contributed by atoms with Crippen molar-refractivity contribution in [2.75, 3.05) is 5.73 Å². The first-order valence-electron chi connectivity index (χ1n) is 9.14. The molecule has 0 fully saturated rings. The van der Waals surface area contributed by atoms with Crippen LogP contribution >= 0.6 is 0 Å². The third kappa shape index (κ3) is 5.84. The van der Waals surface area contributed by atoms with Gasteiger partial charge in [-0.1, -0.05) is 12.1 Å². The van der Waals surface area contributed by atoms with Gasteiger partial charge in [-0.3, -0.25) is 4.79 Å². The Morgan fingerprint density at radius 2 is 1.97 bits per heavy atom. The van der Waals surface area contributed by atoms with Crippen molar-refractivity contribution in [2.24, 2.45) is 0 Å². The lowest BCUT2D eigenvalue weighted by Gasteiger charge is -2.07. The average Bonchev–Trinajstić information content (AvgIpc) is 3.49. The van der Waals surface area contributed by atoms with Gasteiger partial charge in [-0.15, -0.1) is 5.10 Å². The van der Waals surface area contributed by atoms with Crippen LogP contribution in [0.4, 0.5) is 19.0 Å². The summed E-state index contributed by atoms with van der Waals surface area (Å²) in [7, 11) is 0. The number of hydrogen-bond acceptors (Lipinski definition) is 8. The van der Waals surface area contributed by atoms with Gasteiger partial charge < -0.3 is 19.7 Å². The second-order valence-electron chi connectivity index (χ2n) is 6.54. The van der Waals surface area contributed by atoms with Gasteiger partial charge >= 0.3 is 12.1 Å². The Morgan fingerprint density at radius 3 is 2.55 bits per heavy atom. The summed E-state index contributed by atoms with van der Waals surface area (Å²) in [5.41, 5.74) is 4.12. The predicted molar refractivity (Wildman–Crippen MR) is 106 cm³/mol. The Balaban J connectivity index is 0.000000189. The molecule has 172 valence electrons. The molecule has 13 heteroatoms. The first-order valence-corrected chi connectivity index (χ1v) is 9.14. The monoisotopic (exact) mass is 463 g/mol. The maximum Gasteiger partial charge on any atom is 0.416 e. The normalized spacial score (nSPS) is 11.0. The van der Waals surface area contributed by atoms with E-state index in [9.17, 15) is 22.8 Å². The standard InChI is InChI=1S/C11H6F3NO3.C9H10N4O2/c12-11(13,14)7-3-1-2-6(4-7)9-8(10(16)17)15-5-18-9;1-6(14)8-3-2-7(15-8)5-13-11-4-9(10)12-13/h1-5H,(H,16,17);2-4H,5H2,1H3,(H2,10,12). The van der Waals surface area contributed by atoms with Crippen molar-refractivity contribution in [2.45, 2.75) is 19.6 Å². The van der Waals surface area contributed by atoms with Crippen LogP contribution in [0.5, 0.6) is 0 Å². The lowest BCUT2D eigenvalue weighted by atomic mass is 10.1. The van der Waals surface area contributed by atoms with Crippen molar-refractivity contribution in [3.8, 4) is 11.3 Å². The molecule has 0 amide bonds. The number of carboxylic acid groups (broad SMARTS) is 1. The number of nitrogens with two attached hydrogens (primary N) is 1. The average molecular weight is 463 g/mol. The summed E-state index contributed by atoms with van der Waals surface area (Å²) in [6.07, 6.45) is -2.17. The Hall–Kier alpha value is -4.42. The number of carboxylic acids is 1. The van der Waals surface area contributed by atoms with E-state index in [0.29, 0.717) is 23.9 Å². The number of hydrogen-bond donors (Lipinski definition) is 2. The highest BCUT2D eigenvalue weighted by atomic mass is 19.4. The molecule has 10 nitrogen and oxygen atoms in total. The number of benzene rings is 1. The number of Topliss-reactive ketones (excluding diaryl/α,β-unsaturated/α-hetero) is 1. The van der Waals surface area contributed by atoms with Gasteiger partial charge in [-0.05, 0) is 24.3 Å². The van der Waals surface area contributed by atoms with Gasteiger partial charge in [-0.2, -0.15) is 23.1 Å². The summed E-state index contributed by atoms with van der Waals surface area (Å²) < 4.78 is 47.6. The number of aromatic carboxylic acids is 1. The zero-order chi connectivity index (χ0) is 24.2. The third-order valence-corrected chi connectivity index (χ3v) is 4.08. The van der Waals surface area contributed by atoms with E-state index in [4.69, 9.17) is 19.7 Å². The molecule has 4 rings (SSSR count). The van der Waals surface area contributed by atoms with Crippen LogP contribution in [0.2, 0.25) is 0 Å². The van der Waals surface area contributed by atoms with Crippen molar-refractivity contribution in [3.05, 3.63) is 71.8 Å². The maximum absolute atomic E-state index is 12.5. The Kier molecular flexibility index (Phi) is 6.61. The van der Waals surface area contributed by atoms with Crippen LogP contribution in [0.3, 0.4) is 0 Å². The van der Waals surface area contributed by atoms with E-state index in [0.717, 1.165) is 18.5 Å². The second-order valence-corrected chi connectivity index (χ2v) is 6.54. The SMILES string of the molecule is CC(=O)c1ccc(Cn2ncc(N)n2)o1.O=C(O)c1ncoc1-c1cccc(C(F)(F)F)c1. The fourth-order valence-electron chi connectivity index (χ4n) is 2.62. The molecular formula is C20H16F3N5O5. The Bertz CT molecular complexity index is 1270. The molecule has 1 aromatic carbocycles. The molecule has 0 radical (unpaired) electrons. The number of halogens is 3. The molecule has 0 unspecified atom stereocenters. The minimum atomic E-state index is -4.50. The zero-order valence-electron chi connectivity index (χ0n) is 16.9. The Morgan fingerprint density at radius 1 is 1.21 bits per heavy atom. The van der Waals surface area contributed by atoms with Gasteiger partial charge in [0.05, 0.1) is 11.8 Å². The van der Waals surface area contributed by atoms with E-state index >= 15 is 0 Å². The highest BCUT2D eigenvalue weighted by molar-refractivity contribution is 5.92. The van der Waals surface area contributed by atoms with E-state index < -0.39 is 23.4 Å². The van der Waals surface area contributed by atoms with Crippen LogP contribution in [0.1, 0.15) is 39.3 Å². The molecule has 3 heterocycles. The zero-order valence-corrected chi connectivity index (χ0v) is 16.9. The molecule has 0 bridgehead atoms. The first kappa shape index (κ1) is 23.2. The maximum atomic E-state index is 12.5. The molecule has 0 aliphatic heterocycles. The fourth-order valence-corrected chi connectivity index (χ4v) is 2.62. The number of anilines is 1. The minimum absolute atomic E-state index is 0.0136. The van der Waals surface area contributed by atoms with E-state index in [1.165, 1.54) is 30.0 Å². The molecule has 3 aromatic heterocycles. The van der Waals surface area contributed by atoms with E-state index in [1.807, 2.05) is 0 Å². The molecule has 33 heavy (non-hydrogen) atoms. The van der Waals surface area contributed by atoms with Crippen molar-refractivity contribution in [1.82, 2.24) is 20.0 Å². The lowest BCUT2D eigenvalue weighted by molar-refractivity contribution is -0.137. The van der Waals surface area contributed by atoms with Crippen molar-refractivity contribution < 1.29 is 36.7 Å². The van der Waals surface area contributed by atoms with Crippen molar-refractivity contribution in [3.63, 3.8) is 0 Å². The summed E-state index contributed by atoms with van der Waals surface area (Å²) in [6.45, 7) is 1.82. The molecule has 0 aliphatic carbocycles. The minimum Gasteiger partial charge on any atom is -0.476 e. The number of aromatic nitrogens is 4. The van der Waals surface area contributed by atoms with Gasteiger partial charge in [0, 0.05) is 12.5 Å². The van der Waals surface area contributed by atoms with E-state index in [-0.39, 0.29) is 17.1 Å². The Labute approximate surface area is 183 Å². The summed E-state index contributed by atoms with van der Waals surface area (Å²) in [5, 5.41) is 16.6. The van der Waals surface area contributed by atoms with E-state index in [2.05, 4.69) is 15.2 Å². The number of alkyl halides is 3. The number of ketones is 1. The van der Waals surface area contributed by atoms with Crippen LogP contribution in [0.15, 0.2) is 57.8 Å². The van der Waals surface area contributed by atoms with Gasteiger partial charge in [0.1, 0.15) is 12.3 Å². The number of carbonyl (C=O) groups is 2. The first-order chi connectivity index (χ1) is 15.5. The summed E-state index contributed by atoms with van der Waals surface area (Å²) in [4.78, 5) is 26.6. The number of nitrogen functional groups attached to an aromatic ring is 1. The predicted octanol–water partition coefficient (Wildman–Crippen LogP) is 3.76. The largest absolute Gasteiger partial charge is 0.476 e. The number of oxazole rings is 1. The van der Waals surface area contributed by atoms with Crippen LogP contribution in [0.25, 0.3) is 11.3 Å². The van der Waals surface area contributed by atoms with Crippen LogP contribution < -0.4 is 5.73 Å². The number of rotatable bonds is 5. The topological polar surface area (TPSA) is 150 Å². The quantitative estimate of drug-likeness (QED) is 0.422. The number of nitrogens with zero attached hydrogens (tertiary/aromatic N) is 4. The molecular weight excluding hydrogens is 447 g/mol. The van der Waals surface area contributed by atoms with Crippen molar-refractivity contribution in [1.29, 1.82) is 0 Å². The summed E-state index contributed by atoms with van der Waals surface area (Å²) >= 11 is 0. The lowest BCUT2D eigenvalue weighted by Crippen LogP contribution is -2.05. The molecule has 0 aliphatic rings. The van der Waals surface area contributed by atoms with Crippen LogP contribution in [0, 0.1) is 0 Å². The van der Waals surface area contributed by atoms with Crippen LogP contribution in [-0.4, -0.2) is 36.8 Å². The van der Waals surface area contributed by atoms with Gasteiger partial charge in [0.2, 0.25) is 0 Å². The highest BCUT2D eigenvalue weighted by Gasteiger charge is 2.31. The smallest absolute Gasteiger partial charge is 0.416 e. The fraction of sp³-hybridized carbons (Fsp3) is 0.150. The molecule has 0 atom stereocenters. The molecule has 0 saturated heterocycles.